The molecule has 1 aliphatic carbocycles. The number of fused-ring (bicyclic) bond motifs is 1. The summed E-state index contributed by atoms with van der Waals surface area (Å²) in [5.41, 5.74) is 2.71. The van der Waals surface area contributed by atoms with Crippen LogP contribution in [0.25, 0.3) is 0 Å². The summed E-state index contributed by atoms with van der Waals surface area (Å²) in [5.74, 6) is -0.355. The second-order valence-corrected chi connectivity index (χ2v) is 5.28. The Morgan fingerprint density at radius 1 is 1.21 bits per heavy atom. The number of hydrogen-bond acceptors (Lipinski definition) is 1. The number of carbonyl (C=O) groups is 1. The first-order chi connectivity index (χ1) is 9.15. The lowest BCUT2D eigenvalue weighted by Crippen LogP contribution is -2.12. The first-order valence-electron chi connectivity index (χ1n) is 6.21. The van der Waals surface area contributed by atoms with E-state index < -0.39 is 5.82 Å². The zero-order chi connectivity index (χ0) is 13.4. The fourth-order valence-corrected chi connectivity index (χ4v) is 2.75. The molecule has 0 saturated carbocycles. The van der Waals surface area contributed by atoms with Gasteiger partial charge >= 0.3 is 0 Å². The number of Topliss-reactive ketones (excluding diaryl/α,β-unsaturated/α-hetero) is 1. The molecule has 0 saturated heterocycles. The highest BCUT2D eigenvalue weighted by Gasteiger charge is 2.29. The molecule has 2 aromatic rings. The van der Waals surface area contributed by atoms with Crippen LogP contribution < -0.4 is 0 Å². The molecule has 0 fully saturated rings. The molecule has 96 valence electrons. The van der Waals surface area contributed by atoms with Crippen LogP contribution >= 0.6 is 11.6 Å². The van der Waals surface area contributed by atoms with Crippen molar-refractivity contribution in [3.63, 3.8) is 0 Å². The maximum atomic E-state index is 13.4. The Kier molecular flexibility index (Phi) is 3.11. The molecule has 1 atom stereocenters. The van der Waals surface area contributed by atoms with Crippen LogP contribution in [0.3, 0.4) is 0 Å². The van der Waals surface area contributed by atoms with Crippen LogP contribution in [0, 0.1) is 11.7 Å². The summed E-state index contributed by atoms with van der Waals surface area (Å²) in [7, 11) is 0. The number of rotatable bonds is 2. The molecule has 0 aliphatic heterocycles. The van der Waals surface area contributed by atoms with E-state index in [4.69, 9.17) is 11.6 Å². The van der Waals surface area contributed by atoms with E-state index in [1.165, 1.54) is 6.07 Å². The maximum Gasteiger partial charge on any atom is 0.166 e. The summed E-state index contributed by atoms with van der Waals surface area (Å²) in [4.78, 5) is 12.2. The highest BCUT2D eigenvalue weighted by Crippen LogP contribution is 2.29. The van der Waals surface area contributed by atoms with Crippen LogP contribution in [0.2, 0.25) is 5.02 Å². The summed E-state index contributed by atoms with van der Waals surface area (Å²) < 4.78 is 13.4. The quantitative estimate of drug-likeness (QED) is 0.806. The average molecular weight is 275 g/mol. The molecule has 0 radical (unpaired) electrons. The summed E-state index contributed by atoms with van der Waals surface area (Å²) in [6, 6.07) is 12.4. The Bertz CT molecular complexity index is 651. The number of hydrogen-bond donors (Lipinski definition) is 0. The second kappa shape index (κ2) is 4.78. The van der Waals surface area contributed by atoms with E-state index in [0.717, 1.165) is 23.1 Å². The normalized spacial score (nSPS) is 17.6. The topological polar surface area (TPSA) is 17.1 Å². The van der Waals surface area contributed by atoms with Crippen molar-refractivity contribution in [3.05, 3.63) is 70.0 Å². The van der Waals surface area contributed by atoms with Gasteiger partial charge in [0.2, 0.25) is 0 Å². The van der Waals surface area contributed by atoms with Gasteiger partial charge in [-0.15, -0.1) is 0 Å². The van der Waals surface area contributed by atoms with E-state index in [2.05, 4.69) is 0 Å². The van der Waals surface area contributed by atoms with Crippen molar-refractivity contribution in [2.24, 2.45) is 5.92 Å². The van der Waals surface area contributed by atoms with Crippen LogP contribution in [0.4, 0.5) is 4.39 Å². The van der Waals surface area contributed by atoms with Gasteiger partial charge in [0.25, 0.3) is 0 Å². The zero-order valence-electron chi connectivity index (χ0n) is 10.2. The van der Waals surface area contributed by atoms with Gasteiger partial charge in [-0.3, -0.25) is 4.79 Å². The van der Waals surface area contributed by atoms with E-state index in [-0.39, 0.29) is 16.7 Å². The summed E-state index contributed by atoms with van der Waals surface area (Å²) >= 11 is 5.66. The Morgan fingerprint density at radius 3 is 2.74 bits per heavy atom. The highest BCUT2D eigenvalue weighted by atomic mass is 35.5. The third kappa shape index (κ3) is 2.28. The molecule has 0 bridgehead atoms. The van der Waals surface area contributed by atoms with Crippen molar-refractivity contribution in [2.75, 3.05) is 0 Å². The SMILES string of the molecule is O=C1c2ccccc2CC1Cc1ccc(Cl)c(F)c1. The Morgan fingerprint density at radius 2 is 2.00 bits per heavy atom. The third-order valence-electron chi connectivity index (χ3n) is 3.59. The first-order valence-corrected chi connectivity index (χ1v) is 6.59. The minimum Gasteiger partial charge on any atom is -0.294 e. The van der Waals surface area contributed by atoms with Crippen molar-refractivity contribution >= 4 is 17.4 Å². The predicted octanol–water partition coefficient (Wildman–Crippen LogP) is 4.08. The van der Waals surface area contributed by atoms with E-state index >= 15 is 0 Å². The fraction of sp³-hybridized carbons (Fsp3) is 0.188. The molecule has 2 aromatic carbocycles. The van der Waals surface area contributed by atoms with E-state index in [1.807, 2.05) is 24.3 Å². The molecule has 0 heterocycles. The lowest BCUT2D eigenvalue weighted by Gasteiger charge is -2.08. The summed E-state index contributed by atoms with van der Waals surface area (Å²) in [5, 5.41) is 0.116. The minimum atomic E-state index is -0.429. The third-order valence-corrected chi connectivity index (χ3v) is 3.89. The Balaban J connectivity index is 1.83. The van der Waals surface area contributed by atoms with Gasteiger partial charge < -0.3 is 0 Å². The lowest BCUT2D eigenvalue weighted by molar-refractivity contribution is 0.0936. The van der Waals surface area contributed by atoms with Crippen LogP contribution in [-0.2, 0) is 12.8 Å². The molecular weight excluding hydrogens is 263 g/mol. The van der Waals surface area contributed by atoms with Gasteiger partial charge in [-0.05, 0) is 36.1 Å². The largest absolute Gasteiger partial charge is 0.294 e. The van der Waals surface area contributed by atoms with Crippen molar-refractivity contribution in [2.45, 2.75) is 12.8 Å². The molecule has 3 rings (SSSR count). The van der Waals surface area contributed by atoms with Gasteiger partial charge in [0.05, 0.1) is 5.02 Å². The Labute approximate surface area is 116 Å². The van der Waals surface area contributed by atoms with Crippen molar-refractivity contribution in [3.8, 4) is 0 Å². The van der Waals surface area contributed by atoms with Crippen LogP contribution in [-0.4, -0.2) is 5.78 Å². The second-order valence-electron chi connectivity index (χ2n) is 4.88. The van der Waals surface area contributed by atoms with Crippen LogP contribution in [0.5, 0.6) is 0 Å². The number of benzene rings is 2. The molecule has 1 unspecified atom stereocenters. The molecule has 0 amide bonds. The van der Waals surface area contributed by atoms with Gasteiger partial charge in [0, 0.05) is 11.5 Å². The molecule has 0 aromatic heterocycles. The predicted molar refractivity (Wildman–Crippen MR) is 73.1 cm³/mol. The fourth-order valence-electron chi connectivity index (χ4n) is 2.63. The number of ketones is 1. The average Bonchev–Trinajstić information content (AvgIpc) is 2.72. The zero-order valence-corrected chi connectivity index (χ0v) is 11.0. The van der Waals surface area contributed by atoms with Crippen LogP contribution in [0.15, 0.2) is 42.5 Å². The van der Waals surface area contributed by atoms with Gasteiger partial charge in [-0.1, -0.05) is 41.9 Å². The minimum absolute atomic E-state index is 0.0852. The summed E-state index contributed by atoms with van der Waals surface area (Å²) in [6.45, 7) is 0. The number of halogens is 2. The van der Waals surface area contributed by atoms with Crippen molar-refractivity contribution in [1.29, 1.82) is 0 Å². The van der Waals surface area contributed by atoms with Gasteiger partial charge in [-0.2, -0.15) is 0 Å². The molecule has 1 aliphatic rings. The van der Waals surface area contributed by atoms with E-state index in [0.29, 0.717) is 6.42 Å². The molecule has 19 heavy (non-hydrogen) atoms. The molecule has 1 nitrogen and oxygen atoms in total. The van der Waals surface area contributed by atoms with Crippen molar-refractivity contribution in [1.82, 2.24) is 0 Å². The number of carbonyl (C=O) groups excluding carboxylic acids is 1. The van der Waals surface area contributed by atoms with Crippen LogP contribution in [0.1, 0.15) is 21.5 Å². The smallest absolute Gasteiger partial charge is 0.166 e. The standard InChI is InChI=1S/C16H12ClFO/c17-14-6-5-10(8-15(14)18)7-12-9-11-3-1-2-4-13(11)16(12)19/h1-6,8,12H,7,9H2. The van der Waals surface area contributed by atoms with Crippen molar-refractivity contribution < 1.29 is 9.18 Å². The molecule has 3 heteroatoms. The highest BCUT2D eigenvalue weighted by molar-refractivity contribution is 6.30. The monoisotopic (exact) mass is 274 g/mol. The molecule has 0 spiro atoms. The van der Waals surface area contributed by atoms with E-state index in [1.54, 1.807) is 12.1 Å². The van der Waals surface area contributed by atoms with Gasteiger partial charge in [-0.25, -0.2) is 4.39 Å². The first kappa shape index (κ1) is 12.4. The van der Waals surface area contributed by atoms with Gasteiger partial charge in [0.15, 0.2) is 5.78 Å². The lowest BCUT2D eigenvalue weighted by atomic mass is 9.96. The Hall–Kier alpha value is -1.67. The molecule has 0 N–H and O–H groups in total. The van der Waals surface area contributed by atoms with E-state index in [9.17, 15) is 9.18 Å². The maximum absolute atomic E-state index is 13.4. The van der Waals surface area contributed by atoms with Gasteiger partial charge in [0.1, 0.15) is 5.82 Å². The summed E-state index contributed by atoms with van der Waals surface area (Å²) in [6.07, 6.45) is 1.29. The molecular formula is C16H12ClFO.